The van der Waals surface area contributed by atoms with Crippen molar-refractivity contribution in [1.82, 2.24) is 4.98 Å². The number of H-pyrrole nitrogens is 1. The zero-order valence-electron chi connectivity index (χ0n) is 7.94. The van der Waals surface area contributed by atoms with Gasteiger partial charge in [-0.25, -0.2) is 8.78 Å². The first-order valence-electron chi connectivity index (χ1n) is 4.23. The highest BCUT2D eigenvalue weighted by atomic mass is 19.1. The highest BCUT2D eigenvalue weighted by molar-refractivity contribution is 5.84. The lowest BCUT2D eigenvalue weighted by molar-refractivity contribution is 0.627. The molecular weight excluding hydrogens is 186 g/mol. The Morgan fingerprint density at radius 1 is 1.14 bits per heavy atom. The van der Waals surface area contributed by atoms with Gasteiger partial charge in [0, 0.05) is 31.7 Å². The van der Waals surface area contributed by atoms with E-state index in [0.717, 1.165) is 0 Å². The molecular formula is C10H10F2N2. The lowest BCUT2D eigenvalue weighted by Gasteiger charge is -2.13. The number of nitrogens with one attached hydrogen (secondary N) is 1. The molecule has 74 valence electrons. The van der Waals surface area contributed by atoms with E-state index in [2.05, 4.69) is 4.98 Å². The summed E-state index contributed by atoms with van der Waals surface area (Å²) in [4.78, 5) is 4.27. The first-order chi connectivity index (χ1) is 6.59. The summed E-state index contributed by atoms with van der Waals surface area (Å²) in [7, 11) is 3.43. The van der Waals surface area contributed by atoms with Crippen LogP contribution >= 0.6 is 0 Å². The Morgan fingerprint density at radius 3 is 2.50 bits per heavy atom. The smallest absolute Gasteiger partial charge is 0.148 e. The summed E-state index contributed by atoms with van der Waals surface area (Å²) >= 11 is 0. The molecule has 1 aromatic carbocycles. The molecule has 0 radical (unpaired) electrons. The Balaban J connectivity index is 2.74. The third kappa shape index (κ3) is 1.23. The Morgan fingerprint density at radius 2 is 1.86 bits per heavy atom. The molecule has 0 amide bonds. The highest BCUT2D eigenvalue weighted by Crippen LogP contribution is 2.25. The Hall–Kier alpha value is -1.58. The summed E-state index contributed by atoms with van der Waals surface area (Å²) in [6.45, 7) is 0. The fraction of sp³-hybridized carbons (Fsp3) is 0.200. The van der Waals surface area contributed by atoms with E-state index in [9.17, 15) is 8.78 Å². The molecule has 1 heterocycles. The summed E-state index contributed by atoms with van der Waals surface area (Å²) in [6.07, 6.45) is 1.23. The third-order valence-corrected chi connectivity index (χ3v) is 2.18. The third-order valence-electron chi connectivity index (χ3n) is 2.18. The van der Waals surface area contributed by atoms with E-state index in [1.807, 2.05) is 0 Å². The normalized spacial score (nSPS) is 10.9. The number of anilines is 1. The zero-order chi connectivity index (χ0) is 10.3. The summed E-state index contributed by atoms with van der Waals surface area (Å²) in [5.41, 5.74) is 0.863. The van der Waals surface area contributed by atoms with Gasteiger partial charge in [-0.3, -0.25) is 0 Å². The second-order valence-corrected chi connectivity index (χ2v) is 3.38. The largest absolute Gasteiger partial charge is 0.375 e. The van der Waals surface area contributed by atoms with Gasteiger partial charge < -0.3 is 9.88 Å². The Bertz CT molecular complexity index is 474. The number of fused-ring (bicyclic) bond motifs is 1. The maximum Gasteiger partial charge on any atom is 0.148 e. The van der Waals surface area contributed by atoms with Crippen LogP contribution in [0.3, 0.4) is 0 Å². The van der Waals surface area contributed by atoms with Crippen molar-refractivity contribution >= 4 is 16.6 Å². The van der Waals surface area contributed by atoms with Crippen LogP contribution in [0.1, 0.15) is 0 Å². The van der Waals surface area contributed by atoms with Crippen LogP contribution in [0.2, 0.25) is 0 Å². The van der Waals surface area contributed by atoms with Crippen molar-refractivity contribution in [2.75, 3.05) is 19.0 Å². The molecule has 2 rings (SSSR count). The van der Waals surface area contributed by atoms with Crippen LogP contribution < -0.4 is 4.90 Å². The minimum Gasteiger partial charge on any atom is -0.375 e. The average molecular weight is 196 g/mol. The molecule has 0 fully saturated rings. The van der Waals surface area contributed by atoms with E-state index in [0.29, 0.717) is 16.6 Å². The number of benzene rings is 1. The molecule has 0 bridgehead atoms. The van der Waals surface area contributed by atoms with Crippen LogP contribution in [-0.2, 0) is 0 Å². The van der Waals surface area contributed by atoms with Crippen LogP contribution in [-0.4, -0.2) is 19.1 Å². The van der Waals surface area contributed by atoms with Crippen LogP contribution in [0.15, 0.2) is 18.3 Å². The Labute approximate surface area is 80.1 Å². The van der Waals surface area contributed by atoms with E-state index in [1.54, 1.807) is 19.0 Å². The molecule has 4 heteroatoms. The topological polar surface area (TPSA) is 19.0 Å². The van der Waals surface area contributed by atoms with Gasteiger partial charge in [0.05, 0.1) is 11.2 Å². The van der Waals surface area contributed by atoms with Crippen LogP contribution in [0.5, 0.6) is 0 Å². The van der Waals surface area contributed by atoms with Gasteiger partial charge >= 0.3 is 0 Å². The first kappa shape index (κ1) is 8.99. The summed E-state index contributed by atoms with van der Waals surface area (Å²) < 4.78 is 26.5. The van der Waals surface area contributed by atoms with Crippen molar-refractivity contribution in [2.45, 2.75) is 0 Å². The van der Waals surface area contributed by atoms with Gasteiger partial charge in [0.1, 0.15) is 11.6 Å². The molecule has 2 aromatic rings. The van der Waals surface area contributed by atoms with Gasteiger partial charge in [0.25, 0.3) is 0 Å². The van der Waals surface area contributed by atoms with Crippen molar-refractivity contribution < 1.29 is 8.78 Å². The van der Waals surface area contributed by atoms with Crippen molar-refractivity contribution in [2.24, 2.45) is 0 Å². The van der Waals surface area contributed by atoms with Crippen molar-refractivity contribution in [3.8, 4) is 0 Å². The summed E-state index contributed by atoms with van der Waals surface area (Å²) in [5, 5.41) is 0.412. The molecule has 0 saturated carbocycles. The molecule has 0 spiro atoms. The van der Waals surface area contributed by atoms with Gasteiger partial charge in [0.2, 0.25) is 0 Å². The molecule has 1 N–H and O–H groups in total. The van der Waals surface area contributed by atoms with Gasteiger partial charge in [-0.05, 0) is 6.07 Å². The quantitative estimate of drug-likeness (QED) is 0.742. The van der Waals surface area contributed by atoms with Gasteiger partial charge in [0.15, 0.2) is 0 Å². The van der Waals surface area contributed by atoms with Crippen LogP contribution in [0.25, 0.3) is 10.9 Å². The number of aromatic nitrogens is 1. The number of aromatic amines is 1. The summed E-state index contributed by atoms with van der Waals surface area (Å²) in [5.74, 6) is -0.715. The number of hydrogen-bond donors (Lipinski definition) is 1. The van der Waals surface area contributed by atoms with E-state index >= 15 is 0 Å². The van der Waals surface area contributed by atoms with Crippen molar-refractivity contribution in [3.63, 3.8) is 0 Å². The van der Waals surface area contributed by atoms with Crippen LogP contribution in [0, 0.1) is 11.6 Å². The van der Waals surface area contributed by atoms with E-state index in [1.165, 1.54) is 18.3 Å². The molecule has 0 aliphatic carbocycles. The lowest BCUT2D eigenvalue weighted by Crippen LogP contribution is -2.10. The Kier molecular flexibility index (Phi) is 1.91. The zero-order valence-corrected chi connectivity index (χ0v) is 7.94. The second kappa shape index (κ2) is 2.97. The SMILES string of the molecule is CN(C)c1cc2c(F)c[nH]c2cc1F. The van der Waals surface area contributed by atoms with E-state index < -0.39 is 0 Å². The molecule has 1 aromatic heterocycles. The van der Waals surface area contributed by atoms with E-state index in [-0.39, 0.29) is 11.6 Å². The molecule has 14 heavy (non-hydrogen) atoms. The average Bonchev–Trinajstić information content (AvgIpc) is 2.46. The fourth-order valence-electron chi connectivity index (χ4n) is 1.44. The lowest BCUT2D eigenvalue weighted by atomic mass is 10.2. The van der Waals surface area contributed by atoms with E-state index in [4.69, 9.17) is 0 Å². The van der Waals surface area contributed by atoms with Gasteiger partial charge in [-0.15, -0.1) is 0 Å². The molecule has 2 nitrogen and oxygen atoms in total. The predicted octanol–water partition coefficient (Wildman–Crippen LogP) is 2.51. The molecule has 0 aliphatic rings. The highest BCUT2D eigenvalue weighted by Gasteiger charge is 2.10. The number of rotatable bonds is 1. The van der Waals surface area contributed by atoms with Gasteiger partial charge in [-0.1, -0.05) is 0 Å². The minimum atomic E-state index is -0.358. The molecule has 0 aliphatic heterocycles. The predicted molar refractivity (Wildman–Crippen MR) is 52.5 cm³/mol. The van der Waals surface area contributed by atoms with Crippen LogP contribution in [0.4, 0.5) is 14.5 Å². The minimum absolute atomic E-state index is 0.357. The van der Waals surface area contributed by atoms with Crippen molar-refractivity contribution in [3.05, 3.63) is 30.0 Å². The maximum atomic E-state index is 13.4. The maximum absolute atomic E-state index is 13.4. The number of hydrogen-bond acceptors (Lipinski definition) is 1. The summed E-state index contributed by atoms with van der Waals surface area (Å²) in [6, 6.07) is 2.80. The second-order valence-electron chi connectivity index (χ2n) is 3.38. The number of halogens is 2. The molecule has 0 atom stereocenters. The first-order valence-corrected chi connectivity index (χ1v) is 4.23. The molecule has 0 saturated heterocycles. The van der Waals surface area contributed by atoms with Crippen molar-refractivity contribution in [1.29, 1.82) is 0 Å². The number of nitrogens with zero attached hydrogens (tertiary/aromatic N) is 1. The monoisotopic (exact) mass is 196 g/mol. The van der Waals surface area contributed by atoms with Gasteiger partial charge in [-0.2, -0.15) is 0 Å². The molecule has 0 unspecified atom stereocenters. The standard InChI is InChI=1S/C10H10F2N2/c1-14(2)10-3-6-8(12)5-13-9(6)4-7(10)11/h3-5,13H,1-2H3. The fourth-order valence-corrected chi connectivity index (χ4v) is 1.44.